The average molecular weight is 383 g/mol. The molecular weight excluding hydrogens is 352 g/mol. The van der Waals surface area contributed by atoms with E-state index in [9.17, 15) is 8.42 Å². The minimum absolute atomic E-state index is 0.133. The van der Waals surface area contributed by atoms with Crippen molar-refractivity contribution in [1.29, 1.82) is 0 Å². The van der Waals surface area contributed by atoms with Gasteiger partial charge >= 0.3 is 0 Å². The van der Waals surface area contributed by atoms with Gasteiger partial charge in [0.1, 0.15) is 27.8 Å². The second-order valence-corrected chi connectivity index (χ2v) is 10.3. The van der Waals surface area contributed by atoms with Gasteiger partial charge in [0.25, 0.3) is 0 Å². The minimum Gasteiger partial charge on any atom is -0.376 e. The zero-order valence-corrected chi connectivity index (χ0v) is 16.7. The lowest BCUT2D eigenvalue weighted by molar-refractivity contribution is -0.0203. The number of sulfone groups is 1. The fourth-order valence-electron chi connectivity index (χ4n) is 3.72. The molecule has 2 N–H and O–H groups in total. The first kappa shape index (κ1) is 19.4. The molecule has 1 saturated heterocycles. The summed E-state index contributed by atoms with van der Waals surface area (Å²) in [7, 11) is -2.96. The number of ether oxygens (including phenoxy) is 1. The maximum Gasteiger partial charge on any atom is 0.148 e. The Kier molecular flexibility index (Phi) is 5.72. The molecule has 0 radical (unpaired) electrons. The average Bonchev–Trinajstić information content (AvgIpc) is 3.31. The number of rotatable bonds is 8. The molecule has 2 unspecified atom stereocenters. The molecular formula is C18H30N4O3S. The van der Waals surface area contributed by atoms with E-state index in [0.717, 1.165) is 43.9 Å². The second-order valence-electron chi connectivity index (χ2n) is 8.18. The maximum atomic E-state index is 11.6. The van der Waals surface area contributed by atoms with Crippen molar-refractivity contribution in [2.75, 3.05) is 35.8 Å². The van der Waals surface area contributed by atoms with Crippen LogP contribution < -0.4 is 10.6 Å². The summed E-state index contributed by atoms with van der Waals surface area (Å²) in [4.78, 5) is 8.60. The van der Waals surface area contributed by atoms with Crippen LogP contribution in [-0.2, 0) is 14.6 Å². The maximum absolute atomic E-state index is 11.6. The van der Waals surface area contributed by atoms with Gasteiger partial charge in [-0.15, -0.1) is 0 Å². The van der Waals surface area contributed by atoms with Gasteiger partial charge in [-0.05, 0) is 31.6 Å². The Balaban J connectivity index is 1.60. The molecule has 1 aliphatic carbocycles. The Morgan fingerprint density at radius 3 is 2.69 bits per heavy atom. The van der Waals surface area contributed by atoms with Gasteiger partial charge in [-0.3, -0.25) is 0 Å². The van der Waals surface area contributed by atoms with Gasteiger partial charge in [-0.25, -0.2) is 18.4 Å². The zero-order chi connectivity index (χ0) is 18.8. The normalized spacial score (nSPS) is 25.1. The molecule has 2 heterocycles. The van der Waals surface area contributed by atoms with Crippen LogP contribution in [0.5, 0.6) is 0 Å². The first-order valence-corrected chi connectivity index (χ1v) is 11.4. The molecule has 1 saturated carbocycles. The van der Waals surface area contributed by atoms with Crippen molar-refractivity contribution < 1.29 is 13.2 Å². The fraction of sp³-hybridized carbons (Fsp3) is 0.778. The molecule has 2 fully saturated rings. The Hall–Kier alpha value is -1.41. The molecule has 0 spiro atoms. The summed E-state index contributed by atoms with van der Waals surface area (Å²) in [5.41, 5.74) is -0.133. The Morgan fingerprint density at radius 2 is 2.04 bits per heavy atom. The number of hydrogen-bond acceptors (Lipinski definition) is 7. The molecule has 3 rings (SSSR count). The lowest BCUT2D eigenvalue weighted by Gasteiger charge is -2.35. The molecule has 2 aliphatic rings. The number of hydrogen-bond donors (Lipinski definition) is 2. The first-order chi connectivity index (χ1) is 12.3. The van der Waals surface area contributed by atoms with E-state index in [2.05, 4.69) is 34.4 Å². The lowest BCUT2D eigenvalue weighted by Crippen LogP contribution is -2.43. The van der Waals surface area contributed by atoms with E-state index in [4.69, 9.17) is 4.74 Å². The van der Waals surface area contributed by atoms with Gasteiger partial charge in [0, 0.05) is 30.9 Å². The number of aromatic nitrogens is 2. The van der Waals surface area contributed by atoms with Crippen LogP contribution in [0.1, 0.15) is 39.5 Å². The molecule has 7 nitrogen and oxygen atoms in total. The van der Waals surface area contributed by atoms with Crippen LogP contribution in [0.4, 0.5) is 11.6 Å². The molecule has 1 aromatic heterocycles. The summed E-state index contributed by atoms with van der Waals surface area (Å²) in [5, 5.41) is 6.79. The summed E-state index contributed by atoms with van der Waals surface area (Å²) in [6, 6.07) is 2.13. The Labute approximate surface area is 156 Å². The number of nitrogens with zero attached hydrogens (tertiary/aromatic N) is 2. The summed E-state index contributed by atoms with van der Waals surface area (Å²) >= 11 is 0. The van der Waals surface area contributed by atoms with E-state index >= 15 is 0 Å². The van der Waals surface area contributed by atoms with Crippen molar-refractivity contribution in [3.8, 4) is 0 Å². The Bertz CT molecular complexity index is 719. The molecule has 8 heteroatoms. The van der Waals surface area contributed by atoms with Gasteiger partial charge < -0.3 is 15.4 Å². The standard InChI is InChI=1S/C18H30N4O3S/c1-13(2)17-14(5-4-8-25-17)22-16-9-15(20-12-21-16)19-10-18(6-7-18)11-26(3,23)24/h9,12-14,17H,4-8,10-11H2,1-3H3,(H2,19,20,21,22). The van der Waals surface area contributed by atoms with E-state index in [-0.39, 0.29) is 23.3 Å². The highest BCUT2D eigenvalue weighted by molar-refractivity contribution is 7.90. The fourth-order valence-corrected chi connectivity index (χ4v) is 5.22. The van der Waals surface area contributed by atoms with E-state index in [1.54, 1.807) is 0 Å². The zero-order valence-electron chi connectivity index (χ0n) is 15.9. The van der Waals surface area contributed by atoms with E-state index in [1.165, 1.54) is 12.6 Å². The van der Waals surface area contributed by atoms with Crippen LogP contribution in [-0.4, -0.2) is 55.7 Å². The summed E-state index contributed by atoms with van der Waals surface area (Å²) in [6.07, 6.45) is 7.02. The van der Waals surface area contributed by atoms with E-state index in [0.29, 0.717) is 12.5 Å². The third-order valence-corrected chi connectivity index (χ3v) is 6.33. The van der Waals surface area contributed by atoms with E-state index in [1.807, 2.05) is 6.07 Å². The van der Waals surface area contributed by atoms with Crippen molar-refractivity contribution in [1.82, 2.24) is 9.97 Å². The van der Waals surface area contributed by atoms with Crippen LogP contribution in [0.15, 0.2) is 12.4 Å². The Morgan fingerprint density at radius 1 is 1.31 bits per heavy atom. The van der Waals surface area contributed by atoms with Gasteiger partial charge in [-0.2, -0.15) is 0 Å². The van der Waals surface area contributed by atoms with Crippen molar-refractivity contribution in [2.24, 2.45) is 11.3 Å². The van der Waals surface area contributed by atoms with Crippen LogP contribution in [0.3, 0.4) is 0 Å². The van der Waals surface area contributed by atoms with Crippen molar-refractivity contribution >= 4 is 21.5 Å². The SMILES string of the molecule is CC(C)C1OCCCC1Nc1cc(NCC2(CS(C)(=O)=O)CC2)ncn1. The lowest BCUT2D eigenvalue weighted by atomic mass is 9.94. The highest BCUT2D eigenvalue weighted by Gasteiger charge is 2.45. The van der Waals surface area contributed by atoms with Crippen LogP contribution >= 0.6 is 0 Å². The highest BCUT2D eigenvalue weighted by Crippen LogP contribution is 2.46. The predicted molar refractivity (Wildman–Crippen MR) is 103 cm³/mol. The molecule has 0 bridgehead atoms. The summed E-state index contributed by atoms with van der Waals surface area (Å²) in [5.74, 6) is 2.17. The molecule has 1 aromatic rings. The topological polar surface area (TPSA) is 93.2 Å². The largest absolute Gasteiger partial charge is 0.376 e. The molecule has 146 valence electrons. The molecule has 2 atom stereocenters. The predicted octanol–water partition coefficient (Wildman–Crippen LogP) is 2.33. The quantitative estimate of drug-likeness (QED) is 0.713. The highest BCUT2D eigenvalue weighted by atomic mass is 32.2. The molecule has 26 heavy (non-hydrogen) atoms. The molecule has 1 aliphatic heterocycles. The summed E-state index contributed by atoms with van der Waals surface area (Å²) < 4.78 is 29.1. The van der Waals surface area contributed by atoms with Gasteiger partial charge in [0.15, 0.2) is 0 Å². The smallest absolute Gasteiger partial charge is 0.148 e. The van der Waals surface area contributed by atoms with Crippen LogP contribution in [0.25, 0.3) is 0 Å². The minimum atomic E-state index is -2.96. The number of nitrogens with one attached hydrogen (secondary N) is 2. The van der Waals surface area contributed by atoms with Crippen molar-refractivity contribution in [2.45, 2.75) is 51.7 Å². The second kappa shape index (κ2) is 7.68. The van der Waals surface area contributed by atoms with Crippen molar-refractivity contribution in [3.05, 3.63) is 12.4 Å². The van der Waals surface area contributed by atoms with E-state index < -0.39 is 9.84 Å². The van der Waals surface area contributed by atoms with Gasteiger partial charge in [-0.1, -0.05) is 13.8 Å². The van der Waals surface area contributed by atoms with Gasteiger partial charge in [0.05, 0.1) is 17.9 Å². The van der Waals surface area contributed by atoms with Crippen molar-refractivity contribution in [3.63, 3.8) is 0 Å². The number of anilines is 2. The van der Waals surface area contributed by atoms with Crippen LogP contribution in [0, 0.1) is 11.3 Å². The first-order valence-electron chi connectivity index (χ1n) is 9.38. The third kappa shape index (κ3) is 5.30. The molecule has 0 amide bonds. The third-order valence-electron chi connectivity index (χ3n) is 5.19. The summed E-state index contributed by atoms with van der Waals surface area (Å²) in [6.45, 7) is 5.79. The molecule has 0 aromatic carbocycles. The monoisotopic (exact) mass is 382 g/mol. The van der Waals surface area contributed by atoms with Gasteiger partial charge in [0.2, 0.25) is 0 Å². The van der Waals surface area contributed by atoms with Crippen LogP contribution in [0.2, 0.25) is 0 Å².